The molecule has 0 bridgehead atoms. The molecule has 106 valence electrons. The quantitative estimate of drug-likeness (QED) is 0.346. The highest BCUT2D eigenvalue weighted by molar-refractivity contribution is 7.99. The molecule has 0 aromatic heterocycles. The van der Waals surface area contributed by atoms with Gasteiger partial charge in [-0.25, -0.2) is 9.59 Å². The molecule has 0 amide bonds. The van der Waals surface area contributed by atoms with Crippen molar-refractivity contribution in [2.75, 3.05) is 24.7 Å². The maximum atomic E-state index is 11.7. The van der Waals surface area contributed by atoms with Gasteiger partial charge in [0.05, 0.1) is 13.2 Å². The van der Waals surface area contributed by atoms with Gasteiger partial charge in [0.15, 0.2) is 5.57 Å². The minimum atomic E-state index is -0.667. The zero-order valence-electron chi connectivity index (χ0n) is 11.2. The van der Waals surface area contributed by atoms with Crippen LogP contribution >= 0.6 is 11.8 Å². The Hall–Kier alpha value is -1.43. The number of hydrogen-bond acceptors (Lipinski definition) is 6. The van der Waals surface area contributed by atoms with Crippen molar-refractivity contribution in [1.29, 1.82) is 0 Å². The second-order valence-electron chi connectivity index (χ2n) is 3.70. The van der Waals surface area contributed by atoms with Crippen molar-refractivity contribution in [3.05, 3.63) is 23.5 Å². The van der Waals surface area contributed by atoms with E-state index in [1.807, 2.05) is 17.8 Å². The van der Waals surface area contributed by atoms with E-state index in [0.29, 0.717) is 0 Å². The van der Waals surface area contributed by atoms with Crippen molar-refractivity contribution in [2.45, 2.75) is 20.3 Å². The summed E-state index contributed by atoms with van der Waals surface area (Å²) in [6.07, 6.45) is 4.30. The van der Waals surface area contributed by atoms with Crippen LogP contribution in [0.3, 0.4) is 0 Å². The second kappa shape index (κ2) is 8.63. The Morgan fingerprint density at radius 3 is 2.42 bits per heavy atom. The van der Waals surface area contributed by atoms with Gasteiger partial charge >= 0.3 is 11.9 Å². The third kappa shape index (κ3) is 5.38. The number of allylic oxidation sites excluding steroid dienone is 1. The van der Waals surface area contributed by atoms with Gasteiger partial charge in [0.2, 0.25) is 0 Å². The Balaban J connectivity index is 2.73. The summed E-state index contributed by atoms with van der Waals surface area (Å²) in [4.78, 5) is 23.4. The highest BCUT2D eigenvalue weighted by Crippen LogP contribution is 2.15. The van der Waals surface area contributed by atoms with Crippen LogP contribution in [0, 0.1) is 0 Å². The molecular formula is C13H19NO4S. The van der Waals surface area contributed by atoms with Gasteiger partial charge in [-0.05, 0) is 26.0 Å². The first kappa shape index (κ1) is 15.6. The van der Waals surface area contributed by atoms with Gasteiger partial charge in [-0.3, -0.25) is 0 Å². The van der Waals surface area contributed by atoms with Crippen LogP contribution in [-0.4, -0.2) is 36.7 Å². The van der Waals surface area contributed by atoms with Crippen molar-refractivity contribution in [1.82, 2.24) is 5.32 Å². The summed E-state index contributed by atoms with van der Waals surface area (Å²) in [7, 11) is 0. The van der Waals surface area contributed by atoms with E-state index in [9.17, 15) is 9.59 Å². The fourth-order valence-corrected chi connectivity index (χ4v) is 2.29. The summed E-state index contributed by atoms with van der Waals surface area (Å²) in [6, 6.07) is 0. The van der Waals surface area contributed by atoms with Gasteiger partial charge in [0, 0.05) is 17.6 Å². The first-order valence-electron chi connectivity index (χ1n) is 6.26. The maximum absolute atomic E-state index is 11.7. The molecule has 0 spiro atoms. The fraction of sp³-hybridized carbons (Fsp3) is 0.538. The van der Waals surface area contributed by atoms with Crippen LogP contribution in [-0.2, 0) is 19.1 Å². The summed E-state index contributed by atoms with van der Waals surface area (Å²) in [5, 5.41) is 2.98. The molecule has 0 radical (unpaired) electrons. The number of hydrogen-bond donors (Lipinski definition) is 1. The summed E-state index contributed by atoms with van der Waals surface area (Å²) in [5.74, 6) is 0.629. The molecule has 0 saturated heterocycles. The van der Waals surface area contributed by atoms with Crippen LogP contribution in [0.2, 0.25) is 0 Å². The Bertz CT molecular complexity index is 370. The number of carbonyl (C=O) groups excluding carboxylic acids is 2. The largest absolute Gasteiger partial charge is 0.462 e. The Kier molecular flexibility index (Phi) is 7.10. The van der Waals surface area contributed by atoms with Crippen LogP contribution in [0.5, 0.6) is 0 Å². The second-order valence-corrected chi connectivity index (χ2v) is 4.85. The number of rotatable bonds is 6. The average molecular weight is 285 g/mol. The molecule has 1 aliphatic rings. The molecule has 1 heterocycles. The molecule has 1 N–H and O–H groups in total. The van der Waals surface area contributed by atoms with Gasteiger partial charge in [-0.2, -0.15) is 11.8 Å². The third-order valence-electron chi connectivity index (χ3n) is 2.36. The highest BCUT2D eigenvalue weighted by atomic mass is 32.2. The molecular weight excluding hydrogens is 266 g/mol. The standard InChI is InChI=1S/C13H19NO4S/c1-3-17-12(15)11(13(16)18-4-2)9-14-10-5-7-19-8-6-10/h5,9,14H,3-4,6-8H2,1-2H3. The minimum Gasteiger partial charge on any atom is -0.462 e. The molecule has 1 rings (SSSR count). The van der Waals surface area contributed by atoms with Gasteiger partial charge in [0.1, 0.15) is 0 Å². The van der Waals surface area contributed by atoms with E-state index in [-0.39, 0.29) is 18.8 Å². The molecule has 0 atom stereocenters. The van der Waals surface area contributed by atoms with Crippen molar-refractivity contribution in [3.63, 3.8) is 0 Å². The first-order valence-corrected chi connectivity index (χ1v) is 7.42. The lowest BCUT2D eigenvalue weighted by Crippen LogP contribution is -2.21. The number of esters is 2. The van der Waals surface area contributed by atoms with Gasteiger partial charge in [0.25, 0.3) is 0 Å². The normalized spacial score (nSPS) is 14.1. The van der Waals surface area contributed by atoms with Crippen LogP contribution in [0.4, 0.5) is 0 Å². The van der Waals surface area contributed by atoms with Gasteiger partial charge in [-0.15, -0.1) is 0 Å². The molecule has 6 heteroatoms. The van der Waals surface area contributed by atoms with Gasteiger partial charge in [-0.1, -0.05) is 6.08 Å². The molecule has 0 fully saturated rings. The van der Waals surface area contributed by atoms with Crippen molar-refractivity contribution in [2.24, 2.45) is 0 Å². The number of ether oxygens (including phenoxy) is 2. The maximum Gasteiger partial charge on any atom is 0.347 e. The zero-order chi connectivity index (χ0) is 14.1. The molecule has 0 unspecified atom stereocenters. The van der Waals surface area contributed by atoms with Crippen LogP contribution in [0.25, 0.3) is 0 Å². The zero-order valence-corrected chi connectivity index (χ0v) is 12.0. The van der Waals surface area contributed by atoms with E-state index in [4.69, 9.17) is 9.47 Å². The van der Waals surface area contributed by atoms with E-state index < -0.39 is 11.9 Å². The molecule has 1 aliphatic heterocycles. The van der Waals surface area contributed by atoms with Crippen LogP contribution < -0.4 is 5.32 Å². The summed E-state index contributed by atoms with van der Waals surface area (Å²) < 4.78 is 9.68. The number of carbonyl (C=O) groups is 2. The topological polar surface area (TPSA) is 64.6 Å². The van der Waals surface area contributed by atoms with Gasteiger partial charge < -0.3 is 14.8 Å². The molecule has 5 nitrogen and oxygen atoms in total. The lowest BCUT2D eigenvalue weighted by molar-refractivity contribution is -0.146. The van der Waals surface area contributed by atoms with E-state index in [1.54, 1.807) is 13.8 Å². The van der Waals surface area contributed by atoms with Crippen molar-refractivity contribution < 1.29 is 19.1 Å². The minimum absolute atomic E-state index is 0.108. The number of thioether (sulfide) groups is 1. The fourth-order valence-electron chi connectivity index (χ4n) is 1.44. The Morgan fingerprint density at radius 2 is 1.95 bits per heavy atom. The van der Waals surface area contributed by atoms with E-state index in [2.05, 4.69) is 5.32 Å². The third-order valence-corrected chi connectivity index (χ3v) is 3.25. The molecule has 0 saturated carbocycles. The Morgan fingerprint density at radius 1 is 1.32 bits per heavy atom. The van der Waals surface area contributed by atoms with E-state index in [0.717, 1.165) is 23.6 Å². The summed E-state index contributed by atoms with van der Waals surface area (Å²) in [6.45, 7) is 3.81. The molecule has 0 aromatic carbocycles. The predicted octanol–water partition coefficient (Wildman–Crippen LogP) is 1.61. The highest BCUT2D eigenvalue weighted by Gasteiger charge is 2.21. The van der Waals surface area contributed by atoms with Crippen molar-refractivity contribution in [3.8, 4) is 0 Å². The van der Waals surface area contributed by atoms with E-state index in [1.165, 1.54) is 6.20 Å². The van der Waals surface area contributed by atoms with Crippen LogP contribution in [0.15, 0.2) is 23.5 Å². The van der Waals surface area contributed by atoms with Crippen LogP contribution in [0.1, 0.15) is 20.3 Å². The smallest absolute Gasteiger partial charge is 0.347 e. The monoisotopic (exact) mass is 285 g/mol. The Labute approximate surface area is 117 Å². The predicted molar refractivity (Wildman–Crippen MR) is 74.5 cm³/mol. The van der Waals surface area contributed by atoms with Crippen molar-refractivity contribution >= 4 is 23.7 Å². The summed E-state index contributed by atoms with van der Waals surface area (Å²) in [5.41, 5.74) is 0.896. The lowest BCUT2D eigenvalue weighted by Gasteiger charge is -2.13. The molecule has 0 aromatic rings. The lowest BCUT2D eigenvalue weighted by atomic mass is 10.2. The number of nitrogens with one attached hydrogen (secondary N) is 1. The average Bonchev–Trinajstić information content (AvgIpc) is 2.41. The first-order chi connectivity index (χ1) is 9.19. The molecule has 19 heavy (non-hydrogen) atoms. The van der Waals surface area contributed by atoms with E-state index >= 15 is 0 Å². The summed E-state index contributed by atoms with van der Waals surface area (Å²) >= 11 is 1.84. The molecule has 0 aliphatic carbocycles. The SMILES string of the molecule is CCOC(=O)C(=CNC1=CCSCC1)C(=O)OCC.